The quantitative estimate of drug-likeness (QED) is 0.745. The average molecular weight is 268 g/mol. The monoisotopic (exact) mass is 268 g/mol. The molecular formula is C15H17F3N. The largest absolute Gasteiger partial charge is 0.391 e. The van der Waals surface area contributed by atoms with E-state index >= 15 is 0 Å². The third kappa shape index (κ3) is 2.58. The summed E-state index contributed by atoms with van der Waals surface area (Å²) in [6.07, 6.45) is 0.754. The van der Waals surface area contributed by atoms with Crippen molar-refractivity contribution in [1.82, 2.24) is 0 Å². The highest BCUT2D eigenvalue weighted by Gasteiger charge is 2.41. The van der Waals surface area contributed by atoms with Crippen LogP contribution in [0.15, 0.2) is 18.2 Å². The molecule has 1 radical (unpaired) electrons. The number of fused-ring (bicyclic) bond motifs is 1. The third-order valence-corrected chi connectivity index (χ3v) is 4.23. The predicted molar refractivity (Wildman–Crippen MR) is 69.2 cm³/mol. The summed E-state index contributed by atoms with van der Waals surface area (Å²) < 4.78 is 37.9. The molecular weight excluding hydrogens is 251 g/mol. The fourth-order valence-electron chi connectivity index (χ4n) is 3.05. The first-order valence-corrected chi connectivity index (χ1v) is 6.82. The van der Waals surface area contributed by atoms with E-state index in [1.54, 1.807) is 0 Å². The number of hydrogen-bond donors (Lipinski definition) is 0. The van der Waals surface area contributed by atoms with Crippen LogP contribution >= 0.6 is 0 Å². The zero-order valence-electron chi connectivity index (χ0n) is 10.7. The molecule has 4 heteroatoms. The number of aryl methyl sites for hydroxylation is 1. The number of benzene rings is 1. The van der Waals surface area contributed by atoms with Gasteiger partial charge in [0.2, 0.25) is 0 Å². The maximum Gasteiger partial charge on any atom is 0.391 e. The van der Waals surface area contributed by atoms with Crippen LogP contribution in [-0.4, -0.2) is 19.3 Å². The molecule has 0 unspecified atom stereocenters. The fourth-order valence-corrected chi connectivity index (χ4v) is 3.05. The van der Waals surface area contributed by atoms with Crippen LogP contribution in [0.3, 0.4) is 0 Å². The molecule has 2 aliphatic rings. The summed E-state index contributed by atoms with van der Waals surface area (Å²) in [5, 5.41) is 0. The van der Waals surface area contributed by atoms with Crippen molar-refractivity contribution < 1.29 is 13.2 Å². The molecule has 3 rings (SSSR count). The molecule has 0 atom stereocenters. The Morgan fingerprint density at radius 1 is 1.11 bits per heavy atom. The predicted octanol–water partition coefficient (Wildman–Crippen LogP) is 3.96. The van der Waals surface area contributed by atoms with Gasteiger partial charge in [-0.1, -0.05) is 6.07 Å². The van der Waals surface area contributed by atoms with Crippen molar-refractivity contribution in [2.45, 2.75) is 31.9 Å². The fraction of sp³-hybridized carbons (Fsp3) is 0.533. The van der Waals surface area contributed by atoms with Gasteiger partial charge in [-0.25, -0.2) is 0 Å². The Bertz CT molecular complexity index is 459. The lowest BCUT2D eigenvalue weighted by molar-refractivity contribution is -0.179. The van der Waals surface area contributed by atoms with Crippen LogP contribution < -0.4 is 4.90 Å². The number of halogens is 3. The number of piperidine rings is 1. The molecule has 0 amide bonds. The first-order valence-electron chi connectivity index (χ1n) is 6.82. The summed E-state index contributed by atoms with van der Waals surface area (Å²) in [6, 6.07) is 6.27. The summed E-state index contributed by atoms with van der Waals surface area (Å²) in [6.45, 7) is 1.01. The van der Waals surface area contributed by atoms with Crippen LogP contribution in [0.25, 0.3) is 0 Å². The van der Waals surface area contributed by atoms with Crippen LogP contribution in [0, 0.1) is 12.3 Å². The normalized spacial score (nSPS) is 20.7. The highest BCUT2D eigenvalue weighted by atomic mass is 19.4. The summed E-state index contributed by atoms with van der Waals surface area (Å²) >= 11 is 0. The van der Waals surface area contributed by atoms with Crippen molar-refractivity contribution in [3.05, 3.63) is 35.7 Å². The molecule has 1 saturated heterocycles. The molecule has 0 saturated carbocycles. The number of anilines is 1. The Balaban J connectivity index is 1.69. The molecule has 1 fully saturated rings. The van der Waals surface area contributed by atoms with Crippen molar-refractivity contribution in [2.75, 3.05) is 18.0 Å². The van der Waals surface area contributed by atoms with E-state index in [0.717, 1.165) is 18.5 Å². The Hall–Kier alpha value is -1.19. The molecule has 1 nitrogen and oxygen atoms in total. The summed E-state index contributed by atoms with van der Waals surface area (Å²) in [5.74, 6) is -1.12. The highest BCUT2D eigenvalue weighted by molar-refractivity contribution is 5.54. The first-order chi connectivity index (χ1) is 9.04. The van der Waals surface area contributed by atoms with E-state index in [0.29, 0.717) is 13.1 Å². The van der Waals surface area contributed by atoms with E-state index in [4.69, 9.17) is 0 Å². The molecule has 19 heavy (non-hydrogen) atoms. The Morgan fingerprint density at radius 2 is 1.84 bits per heavy atom. The van der Waals surface area contributed by atoms with Crippen molar-refractivity contribution in [1.29, 1.82) is 0 Å². The van der Waals surface area contributed by atoms with Crippen LogP contribution in [0.5, 0.6) is 0 Å². The summed E-state index contributed by atoms with van der Waals surface area (Å²) in [7, 11) is 0. The van der Waals surface area contributed by atoms with Gasteiger partial charge < -0.3 is 4.90 Å². The molecule has 1 aliphatic carbocycles. The molecule has 1 aromatic rings. The minimum atomic E-state index is -4.03. The van der Waals surface area contributed by atoms with Gasteiger partial charge in [-0.3, -0.25) is 0 Å². The maximum atomic E-state index is 12.6. The molecule has 0 N–H and O–H groups in total. The second kappa shape index (κ2) is 4.73. The maximum absolute atomic E-state index is 12.6. The summed E-state index contributed by atoms with van der Waals surface area (Å²) in [5.41, 5.74) is 3.69. The van der Waals surface area contributed by atoms with Gasteiger partial charge in [0.25, 0.3) is 0 Å². The molecule has 1 aromatic carbocycles. The Morgan fingerprint density at radius 3 is 2.53 bits per heavy atom. The molecule has 103 valence electrons. The number of alkyl halides is 3. The van der Waals surface area contributed by atoms with E-state index < -0.39 is 12.1 Å². The van der Waals surface area contributed by atoms with Gasteiger partial charge in [0, 0.05) is 18.8 Å². The van der Waals surface area contributed by atoms with Crippen LogP contribution in [0.2, 0.25) is 0 Å². The van der Waals surface area contributed by atoms with Crippen molar-refractivity contribution in [3.63, 3.8) is 0 Å². The first kappa shape index (κ1) is 12.8. The molecule has 1 heterocycles. The van der Waals surface area contributed by atoms with E-state index in [2.05, 4.69) is 23.5 Å². The molecule has 1 aliphatic heterocycles. The van der Waals surface area contributed by atoms with Gasteiger partial charge >= 0.3 is 6.18 Å². The third-order valence-electron chi connectivity index (χ3n) is 4.23. The van der Waals surface area contributed by atoms with Crippen molar-refractivity contribution >= 4 is 5.69 Å². The van der Waals surface area contributed by atoms with E-state index in [1.807, 2.05) is 6.07 Å². The Kier molecular flexibility index (Phi) is 3.19. The smallest absolute Gasteiger partial charge is 0.371 e. The minimum Gasteiger partial charge on any atom is -0.371 e. The topological polar surface area (TPSA) is 3.24 Å². The van der Waals surface area contributed by atoms with Gasteiger partial charge in [0.1, 0.15) is 0 Å². The van der Waals surface area contributed by atoms with Crippen molar-refractivity contribution in [2.24, 2.45) is 5.92 Å². The van der Waals surface area contributed by atoms with Crippen molar-refractivity contribution in [3.8, 4) is 0 Å². The Labute approximate surface area is 111 Å². The van der Waals surface area contributed by atoms with Crippen LogP contribution in [0.4, 0.5) is 18.9 Å². The molecule has 0 bridgehead atoms. The van der Waals surface area contributed by atoms with Gasteiger partial charge in [-0.15, -0.1) is 0 Å². The van der Waals surface area contributed by atoms with Gasteiger partial charge in [0.05, 0.1) is 5.92 Å². The number of nitrogens with zero attached hydrogens (tertiary/aromatic N) is 1. The zero-order valence-corrected chi connectivity index (χ0v) is 10.7. The van der Waals surface area contributed by atoms with Crippen LogP contribution in [-0.2, 0) is 6.42 Å². The van der Waals surface area contributed by atoms with Crippen LogP contribution in [0.1, 0.15) is 30.4 Å². The van der Waals surface area contributed by atoms with Gasteiger partial charge in [-0.2, -0.15) is 13.2 Å². The second-order valence-electron chi connectivity index (χ2n) is 5.43. The minimum absolute atomic E-state index is 0.215. The second-order valence-corrected chi connectivity index (χ2v) is 5.43. The average Bonchev–Trinajstić information content (AvgIpc) is 2.85. The van der Waals surface area contributed by atoms with E-state index in [-0.39, 0.29) is 12.8 Å². The number of rotatable bonds is 1. The molecule has 0 spiro atoms. The van der Waals surface area contributed by atoms with E-state index in [9.17, 15) is 13.2 Å². The summed E-state index contributed by atoms with van der Waals surface area (Å²) in [4.78, 5) is 2.08. The highest BCUT2D eigenvalue weighted by Crippen LogP contribution is 2.36. The lowest BCUT2D eigenvalue weighted by atomic mass is 9.95. The van der Waals surface area contributed by atoms with E-state index in [1.165, 1.54) is 11.1 Å². The molecule has 0 aromatic heterocycles. The standard InChI is InChI=1S/C15H17F3N/c16-15(17,18)13-6-8-19(9-7-13)14-5-4-11-2-1-3-12(11)10-14/h2,4-5,10,13H,1,3,6-9H2. The van der Waals surface area contributed by atoms with Gasteiger partial charge in [0.15, 0.2) is 0 Å². The van der Waals surface area contributed by atoms with Gasteiger partial charge in [-0.05, 0) is 55.4 Å². The number of hydrogen-bond acceptors (Lipinski definition) is 1. The zero-order chi connectivity index (χ0) is 13.5. The lowest BCUT2D eigenvalue weighted by Crippen LogP contribution is -2.39. The SMILES string of the molecule is FC(F)(F)C1CCN(c2ccc3c(c2)CC[CH]3)CC1. The lowest BCUT2D eigenvalue weighted by Gasteiger charge is -2.34.